The first-order valence-electron chi connectivity index (χ1n) is 7.94. The van der Waals surface area contributed by atoms with Gasteiger partial charge in [-0.2, -0.15) is 0 Å². The van der Waals surface area contributed by atoms with Crippen LogP contribution in [0.25, 0.3) is 10.2 Å². The molecule has 1 saturated carbocycles. The first-order chi connectivity index (χ1) is 11.7. The summed E-state index contributed by atoms with van der Waals surface area (Å²) in [5, 5.41) is 0. The molecule has 2 aromatic rings. The first kappa shape index (κ1) is 15.5. The number of amides is 1. The standard InChI is InChI=1S/C17H18N2O4S/c1-22-17(21)16(20)19(6-11-12-7-23-8-13(11)12)5-10-2-3-15-14(4-10)18-9-24-15/h2-4,9,11-13H,5-8H2,1H3. The van der Waals surface area contributed by atoms with Gasteiger partial charge in [0.1, 0.15) is 0 Å². The zero-order valence-electron chi connectivity index (χ0n) is 13.3. The van der Waals surface area contributed by atoms with Crippen molar-refractivity contribution in [2.75, 3.05) is 26.9 Å². The zero-order valence-corrected chi connectivity index (χ0v) is 14.1. The topological polar surface area (TPSA) is 68.7 Å². The lowest BCUT2D eigenvalue weighted by Gasteiger charge is -2.22. The summed E-state index contributed by atoms with van der Waals surface area (Å²) in [6.07, 6.45) is 0. The van der Waals surface area contributed by atoms with Crippen molar-refractivity contribution in [1.82, 2.24) is 9.88 Å². The molecule has 0 N–H and O–H groups in total. The van der Waals surface area contributed by atoms with Gasteiger partial charge in [-0.3, -0.25) is 4.79 Å². The van der Waals surface area contributed by atoms with Gasteiger partial charge in [-0.05, 0) is 35.4 Å². The molecule has 6 nitrogen and oxygen atoms in total. The Bertz CT molecular complexity index is 780. The molecule has 2 unspecified atom stereocenters. The summed E-state index contributed by atoms with van der Waals surface area (Å²) in [5.74, 6) is 0.0851. The van der Waals surface area contributed by atoms with Crippen molar-refractivity contribution in [2.45, 2.75) is 6.54 Å². The highest BCUT2D eigenvalue weighted by atomic mass is 32.1. The largest absolute Gasteiger partial charge is 0.462 e. The predicted molar refractivity (Wildman–Crippen MR) is 88.3 cm³/mol. The molecule has 24 heavy (non-hydrogen) atoms. The maximum absolute atomic E-state index is 12.4. The van der Waals surface area contributed by atoms with Crippen LogP contribution in [0.5, 0.6) is 0 Å². The number of benzene rings is 1. The van der Waals surface area contributed by atoms with Gasteiger partial charge in [-0.25, -0.2) is 9.78 Å². The molecule has 2 atom stereocenters. The second-order valence-corrected chi connectivity index (χ2v) is 7.25. The van der Waals surface area contributed by atoms with E-state index in [1.54, 1.807) is 21.7 Å². The number of nitrogens with zero attached hydrogens (tertiary/aromatic N) is 2. The van der Waals surface area contributed by atoms with E-state index in [0.29, 0.717) is 30.8 Å². The number of carbonyl (C=O) groups is 2. The second kappa shape index (κ2) is 6.14. The molecule has 7 heteroatoms. The van der Waals surface area contributed by atoms with E-state index in [-0.39, 0.29) is 0 Å². The number of hydrogen-bond donors (Lipinski definition) is 0. The van der Waals surface area contributed by atoms with Crippen LogP contribution in [0.2, 0.25) is 0 Å². The Labute approximate surface area is 143 Å². The molecule has 4 rings (SSSR count). The number of fused-ring (bicyclic) bond motifs is 2. The third-order valence-corrected chi connectivity index (χ3v) is 5.79. The zero-order chi connectivity index (χ0) is 16.7. The number of aromatic nitrogens is 1. The van der Waals surface area contributed by atoms with Crippen molar-refractivity contribution < 1.29 is 19.1 Å². The minimum Gasteiger partial charge on any atom is -0.462 e. The van der Waals surface area contributed by atoms with E-state index >= 15 is 0 Å². The fourth-order valence-corrected chi connectivity index (χ4v) is 4.20. The average Bonchev–Trinajstić information content (AvgIpc) is 3.02. The van der Waals surface area contributed by atoms with Gasteiger partial charge in [-0.1, -0.05) is 6.07 Å². The Morgan fingerprint density at radius 2 is 2.17 bits per heavy atom. The SMILES string of the molecule is COC(=O)C(=O)N(Cc1ccc2scnc2c1)CC1C2COCC21. The molecule has 1 aliphatic carbocycles. The number of esters is 1. The molecular weight excluding hydrogens is 328 g/mol. The molecule has 2 aliphatic rings. The summed E-state index contributed by atoms with van der Waals surface area (Å²) in [7, 11) is 1.24. The van der Waals surface area contributed by atoms with Crippen LogP contribution < -0.4 is 0 Å². The molecule has 1 aliphatic heterocycles. The molecule has 2 fully saturated rings. The van der Waals surface area contributed by atoms with E-state index in [9.17, 15) is 9.59 Å². The molecular formula is C17H18N2O4S. The number of ether oxygens (including phenoxy) is 2. The smallest absolute Gasteiger partial charge is 0.396 e. The van der Waals surface area contributed by atoms with Gasteiger partial charge in [0.25, 0.3) is 0 Å². The molecule has 1 amide bonds. The van der Waals surface area contributed by atoms with E-state index in [1.165, 1.54) is 7.11 Å². The highest BCUT2D eigenvalue weighted by Gasteiger charge is 2.54. The molecule has 1 aromatic carbocycles. The Balaban J connectivity index is 1.52. The first-order valence-corrected chi connectivity index (χ1v) is 8.82. The Morgan fingerprint density at radius 1 is 1.38 bits per heavy atom. The maximum atomic E-state index is 12.4. The van der Waals surface area contributed by atoms with Crippen LogP contribution in [0.4, 0.5) is 0 Å². The molecule has 1 aromatic heterocycles. The number of methoxy groups -OCH3 is 1. The van der Waals surface area contributed by atoms with Crippen LogP contribution in [0.3, 0.4) is 0 Å². The number of carbonyl (C=O) groups excluding carboxylic acids is 2. The van der Waals surface area contributed by atoms with Crippen molar-refractivity contribution in [3.8, 4) is 0 Å². The molecule has 0 radical (unpaired) electrons. The van der Waals surface area contributed by atoms with E-state index in [0.717, 1.165) is 29.0 Å². The molecule has 0 spiro atoms. The number of thiazole rings is 1. The fraction of sp³-hybridized carbons (Fsp3) is 0.471. The predicted octanol–water partition coefficient (Wildman–Crippen LogP) is 1.69. The second-order valence-electron chi connectivity index (χ2n) is 6.36. The minimum absolute atomic E-state index is 0.387. The van der Waals surface area contributed by atoms with Crippen LogP contribution in [0.1, 0.15) is 5.56 Å². The van der Waals surface area contributed by atoms with E-state index < -0.39 is 11.9 Å². The highest BCUT2D eigenvalue weighted by Crippen LogP contribution is 2.51. The number of rotatable bonds is 4. The lowest BCUT2D eigenvalue weighted by molar-refractivity contribution is -0.158. The highest BCUT2D eigenvalue weighted by molar-refractivity contribution is 7.16. The normalized spacial score (nSPS) is 24.6. The van der Waals surface area contributed by atoms with Crippen LogP contribution in [0, 0.1) is 17.8 Å². The molecule has 126 valence electrons. The molecule has 2 heterocycles. The maximum Gasteiger partial charge on any atom is 0.396 e. The lowest BCUT2D eigenvalue weighted by atomic mass is 10.1. The van der Waals surface area contributed by atoms with Gasteiger partial charge >= 0.3 is 11.9 Å². The third-order valence-electron chi connectivity index (χ3n) is 4.98. The third kappa shape index (κ3) is 2.78. The van der Waals surface area contributed by atoms with Crippen molar-refractivity contribution >= 4 is 33.4 Å². The summed E-state index contributed by atoms with van der Waals surface area (Å²) in [6, 6.07) is 5.96. The fourth-order valence-electron chi connectivity index (χ4n) is 3.54. The van der Waals surface area contributed by atoms with Gasteiger partial charge < -0.3 is 14.4 Å². The average molecular weight is 346 g/mol. The van der Waals surface area contributed by atoms with Crippen molar-refractivity contribution in [3.63, 3.8) is 0 Å². The minimum atomic E-state index is -0.813. The quantitative estimate of drug-likeness (QED) is 0.622. The Hall–Kier alpha value is -1.99. The summed E-state index contributed by atoms with van der Waals surface area (Å²) < 4.78 is 11.1. The monoisotopic (exact) mass is 346 g/mol. The molecule has 1 saturated heterocycles. The van der Waals surface area contributed by atoms with Crippen LogP contribution >= 0.6 is 11.3 Å². The van der Waals surface area contributed by atoms with Crippen LogP contribution in [-0.2, 0) is 25.6 Å². The van der Waals surface area contributed by atoms with Gasteiger partial charge in [0.05, 0.1) is 36.1 Å². The van der Waals surface area contributed by atoms with Crippen LogP contribution in [0.15, 0.2) is 23.7 Å². The summed E-state index contributed by atoms with van der Waals surface area (Å²) >= 11 is 1.58. The lowest BCUT2D eigenvalue weighted by Crippen LogP contribution is -2.38. The van der Waals surface area contributed by atoms with Crippen molar-refractivity contribution in [2.24, 2.45) is 17.8 Å². The Kier molecular flexibility index (Phi) is 3.97. The van der Waals surface area contributed by atoms with Gasteiger partial charge in [0.15, 0.2) is 0 Å². The van der Waals surface area contributed by atoms with Crippen molar-refractivity contribution in [1.29, 1.82) is 0 Å². The van der Waals surface area contributed by atoms with E-state index in [2.05, 4.69) is 9.72 Å². The van der Waals surface area contributed by atoms with E-state index in [1.807, 2.05) is 18.2 Å². The van der Waals surface area contributed by atoms with Gasteiger partial charge in [0, 0.05) is 13.1 Å². The summed E-state index contributed by atoms with van der Waals surface area (Å²) in [5.41, 5.74) is 3.68. The molecule has 0 bridgehead atoms. The number of hydrogen-bond acceptors (Lipinski definition) is 6. The van der Waals surface area contributed by atoms with Gasteiger partial charge in [0.2, 0.25) is 0 Å². The van der Waals surface area contributed by atoms with Gasteiger partial charge in [-0.15, -0.1) is 11.3 Å². The summed E-state index contributed by atoms with van der Waals surface area (Å²) in [6.45, 7) is 2.49. The van der Waals surface area contributed by atoms with Crippen LogP contribution in [-0.4, -0.2) is 48.6 Å². The Morgan fingerprint density at radius 3 is 2.92 bits per heavy atom. The van der Waals surface area contributed by atoms with Crippen molar-refractivity contribution in [3.05, 3.63) is 29.3 Å². The van der Waals surface area contributed by atoms with E-state index in [4.69, 9.17) is 4.74 Å². The summed E-state index contributed by atoms with van der Waals surface area (Å²) in [4.78, 5) is 30.0.